The number of hydrogen-bond acceptors (Lipinski definition) is 5. The summed E-state index contributed by atoms with van der Waals surface area (Å²) >= 11 is 0. The second kappa shape index (κ2) is 20.5. The van der Waals surface area contributed by atoms with Crippen molar-refractivity contribution in [2.45, 2.75) is 50.6 Å². The summed E-state index contributed by atoms with van der Waals surface area (Å²) in [6, 6.07) is 74.1. The Kier molecular flexibility index (Phi) is 12.8. The summed E-state index contributed by atoms with van der Waals surface area (Å²) in [5.74, 6) is -0.368. The first-order valence-electron chi connectivity index (χ1n) is 26.4. The molecule has 9 nitrogen and oxygen atoms in total. The van der Waals surface area contributed by atoms with Gasteiger partial charge < -0.3 is 42.9 Å². The number of rotatable bonds is 19. The van der Waals surface area contributed by atoms with Gasteiger partial charge in [-0.3, -0.25) is 0 Å². The summed E-state index contributed by atoms with van der Waals surface area (Å²) in [4.78, 5) is 1.91. The van der Waals surface area contributed by atoms with Crippen LogP contribution in [0.3, 0.4) is 0 Å². The van der Waals surface area contributed by atoms with Gasteiger partial charge in [-0.2, -0.15) is 0 Å². The Labute approximate surface area is 439 Å². The fourth-order valence-electron chi connectivity index (χ4n) is 12.0. The summed E-state index contributed by atoms with van der Waals surface area (Å²) in [7, 11) is 0. The zero-order valence-electron chi connectivity index (χ0n) is 42.1. The van der Waals surface area contributed by atoms with Crippen molar-refractivity contribution in [2.24, 2.45) is 0 Å². The number of aliphatic hydroxyl groups is 2. The van der Waals surface area contributed by atoms with Crippen molar-refractivity contribution in [3.8, 4) is 0 Å². The molecule has 0 aliphatic carbocycles. The molecule has 2 unspecified atom stereocenters. The van der Waals surface area contributed by atoms with Crippen molar-refractivity contribution < 1.29 is 24.1 Å². The van der Waals surface area contributed by atoms with E-state index in [2.05, 4.69) is 212 Å². The number of aromatic nitrogens is 4. The highest BCUT2D eigenvalue weighted by Crippen LogP contribution is 2.35. The summed E-state index contributed by atoms with van der Waals surface area (Å²) in [6.45, 7) is 2.39. The van der Waals surface area contributed by atoms with E-state index in [0.717, 1.165) is 44.1 Å². The topological polar surface area (TPSA) is 81.9 Å². The molecule has 0 aliphatic heterocycles. The maximum atomic E-state index is 14.5. The second-order valence-electron chi connectivity index (χ2n) is 20.2. The molecule has 9 aromatic carbocycles. The molecular formula is C66H58FN5O4. The molecule has 0 bridgehead atoms. The molecule has 0 saturated heterocycles. The number of ether oxygens (including phenoxy) is 2. The molecule has 13 rings (SSSR count). The number of benzene rings is 9. The van der Waals surface area contributed by atoms with Gasteiger partial charge in [0.1, 0.15) is 5.82 Å². The summed E-state index contributed by atoms with van der Waals surface area (Å²) in [5.41, 5.74) is 9.60. The van der Waals surface area contributed by atoms with Gasteiger partial charge in [0, 0.05) is 106 Å². The molecule has 0 radical (unpaired) electrons. The monoisotopic (exact) mass is 1000 g/mol. The molecule has 0 aliphatic rings. The van der Waals surface area contributed by atoms with Crippen molar-refractivity contribution in [3.05, 3.63) is 224 Å². The quantitative estimate of drug-likeness (QED) is 0.0843. The van der Waals surface area contributed by atoms with Gasteiger partial charge in [-0.05, 0) is 72.8 Å². The van der Waals surface area contributed by atoms with Gasteiger partial charge in [-0.15, -0.1) is 0 Å². The van der Waals surface area contributed by atoms with E-state index >= 15 is 0 Å². The van der Waals surface area contributed by atoms with Crippen molar-refractivity contribution >= 4 is 92.9 Å². The molecular weight excluding hydrogens is 946 g/mol. The van der Waals surface area contributed by atoms with Crippen LogP contribution in [-0.2, 0) is 35.7 Å². The van der Waals surface area contributed by atoms with E-state index in [-0.39, 0.29) is 44.3 Å². The van der Waals surface area contributed by atoms with Crippen LogP contribution in [0.25, 0.3) is 87.2 Å². The van der Waals surface area contributed by atoms with Gasteiger partial charge in [0.15, 0.2) is 0 Å². The molecule has 0 amide bonds. The lowest BCUT2D eigenvalue weighted by Crippen LogP contribution is -2.42. The minimum atomic E-state index is -0.977. The van der Waals surface area contributed by atoms with Crippen LogP contribution >= 0.6 is 0 Å². The molecule has 10 heteroatoms. The van der Waals surface area contributed by atoms with E-state index in [0.29, 0.717) is 31.9 Å². The summed E-state index contributed by atoms with van der Waals surface area (Å²) in [5, 5.41) is 33.6. The molecule has 4 aromatic heterocycles. The Morgan fingerprint density at radius 1 is 0.329 bits per heavy atom. The Bertz CT molecular complexity index is 3500. The maximum Gasteiger partial charge on any atom is 0.123 e. The SMILES string of the molecule is OC(COC(Cn1c2ccccc2c2ccccc21)Cn1c2ccccc2c2ccccc21)CN(CC(O)COC(Cn1c2ccccc2c2ccccc21)Cn1c2ccccc2c2ccccc21)c1ccc(F)cc1. The lowest BCUT2D eigenvalue weighted by atomic mass is 10.2. The molecule has 13 aromatic rings. The van der Waals surface area contributed by atoms with Crippen molar-refractivity contribution in [1.29, 1.82) is 0 Å². The Morgan fingerprint density at radius 3 is 0.789 bits per heavy atom. The van der Waals surface area contributed by atoms with E-state index < -0.39 is 12.2 Å². The first kappa shape index (κ1) is 47.5. The summed E-state index contributed by atoms with van der Waals surface area (Å²) < 4.78 is 37.8. The standard InChI is InChI=1S/C66H58FN5O4/c67-45-33-35-46(36-34-45)68(37-47(73)43-75-49(39-69-59-25-9-1-17-51(59)52-18-2-10-26-60(52)69)40-70-61-27-11-3-19-53(61)54-20-4-12-28-62(54)70)38-48(74)44-76-50(41-71-63-29-13-5-21-55(63)56-22-6-14-30-64(56)71)42-72-65-31-15-7-23-57(65)58-24-8-16-32-66(58)72/h1-36,47-50,73-74H,37-44H2. The van der Waals surface area contributed by atoms with Crippen LogP contribution in [-0.4, -0.2) is 79.2 Å². The number of anilines is 1. The zero-order chi connectivity index (χ0) is 51.1. The molecule has 0 spiro atoms. The Hall–Kier alpha value is -8.25. The molecule has 2 atom stereocenters. The van der Waals surface area contributed by atoms with E-state index in [4.69, 9.17) is 9.47 Å². The fraction of sp³-hybridized carbons (Fsp3) is 0.182. The maximum absolute atomic E-state index is 14.5. The molecule has 378 valence electrons. The van der Waals surface area contributed by atoms with E-state index in [1.807, 2.05) is 4.90 Å². The molecule has 4 heterocycles. The van der Waals surface area contributed by atoms with Gasteiger partial charge in [-0.25, -0.2) is 4.39 Å². The first-order valence-corrected chi connectivity index (χ1v) is 26.4. The highest BCUT2D eigenvalue weighted by molar-refractivity contribution is 6.10. The summed E-state index contributed by atoms with van der Waals surface area (Å²) in [6.07, 6.45) is -2.69. The number of halogens is 1. The van der Waals surface area contributed by atoms with Crippen molar-refractivity contribution in [3.63, 3.8) is 0 Å². The van der Waals surface area contributed by atoms with Gasteiger partial charge in [0.2, 0.25) is 0 Å². The third-order valence-corrected chi connectivity index (χ3v) is 15.4. The van der Waals surface area contributed by atoms with Gasteiger partial charge in [-0.1, -0.05) is 146 Å². The minimum Gasteiger partial charge on any atom is -0.389 e. The smallest absolute Gasteiger partial charge is 0.123 e. The minimum absolute atomic E-state index is 0.0167. The number of aliphatic hydroxyl groups excluding tert-OH is 2. The number of para-hydroxylation sites is 8. The fourth-order valence-corrected chi connectivity index (χ4v) is 12.0. The number of nitrogens with zero attached hydrogens (tertiary/aromatic N) is 5. The number of hydrogen-bond donors (Lipinski definition) is 2. The molecule has 76 heavy (non-hydrogen) atoms. The predicted molar refractivity (Wildman–Crippen MR) is 308 cm³/mol. The Balaban J connectivity index is 0.781. The predicted octanol–water partition coefficient (Wildman–Crippen LogP) is 13.4. The van der Waals surface area contributed by atoms with E-state index in [1.54, 1.807) is 12.1 Å². The lowest BCUT2D eigenvalue weighted by molar-refractivity contribution is -0.0251. The highest BCUT2D eigenvalue weighted by Gasteiger charge is 2.25. The largest absolute Gasteiger partial charge is 0.389 e. The second-order valence-corrected chi connectivity index (χ2v) is 20.2. The van der Waals surface area contributed by atoms with Crippen molar-refractivity contribution in [1.82, 2.24) is 18.3 Å². The van der Waals surface area contributed by atoms with Crippen LogP contribution in [0.2, 0.25) is 0 Å². The zero-order valence-corrected chi connectivity index (χ0v) is 42.1. The molecule has 0 saturated carbocycles. The van der Waals surface area contributed by atoms with Gasteiger partial charge >= 0.3 is 0 Å². The highest BCUT2D eigenvalue weighted by atomic mass is 19.1. The van der Waals surface area contributed by atoms with E-state index in [9.17, 15) is 14.6 Å². The normalized spacial score (nSPS) is 13.1. The average molecular weight is 1000 g/mol. The van der Waals surface area contributed by atoms with E-state index in [1.165, 1.54) is 55.2 Å². The lowest BCUT2D eigenvalue weighted by Gasteiger charge is -2.31. The third kappa shape index (κ3) is 8.92. The van der Waals surface area contributed by atoms with Gasteiger partial charge in [0.25, 0.3) is 0 Å². The van der Waals surface area contributed by atoms with Crippen LogP contribution in [0.15, 0.2) is 218 Å². The van der Waals surface area contributed by atoms with Crippen molar-refractivity contribution in [2.75, 3.05) is 31.2 Å². The first-order chi connectivity index (χ1) is 37.4. The third-order valence-electron chi connectivity index (χ3n) is 15.4. The van der Waals surface area contributed by atoms with Crippen LogP contribution in [0, 0.1) is 5.82 Å². The van der Waals surface area contributed by atoms with Crippen LogP contribution in [0.1, 0.15) is 0 Å². The number of fused-ring (bicyclic) bond motifs is 12. The van der Waals surface area contributed by atoms with Gasteiger partial charge in [0.05, 0.1) is 63.8 Å². The molecule has 0 fully saturated rings. The average Bonchev–Trinajstić information content (AvgIpc) is 4.20. The van der Waals surface area contributed by atoms with Crippen LogP contribution in [0.5, 0.6) is 0 Å². The molecule has 2 N–H and O–H groups in total. The Morgan fingerprint density at radius 2 is 0.553 bits per heavy atom. The van der Waals surface area contributed by atoms with Crippen LogP contribution in [0.4, 0.5) is 10.1 Å². The van der Waals surface area contributed by atoms with Crippen LogP contribution < -0.4 is 4.90 Å².